The number of nitrogens with one attached hydrogen (secondary N) is 1. The molecule has 1 atom stereocenters. The second kappa shape index (κ2) is 9.19. The smallest absolute Gasteiger partial charge is 0.258 e. The van der Waals surface area contributed by atoms with Crippen molar-refractivity contribution in [2.24, 2.45) is 0 Å². The molecule has 4 aromatic rings. The number of aryl methyl sites for hydroxylation is 1. The summed E-state index contributed by atoms with van der Waals surface area (Å²) in [7, 11) is 0. The van der Waals surface area contributed by atoms with Gasteiger partial charge in [0.05, 0.1) is 11.6 Å². The maximum absolute atomic E-state index is 14.1. The van der Waals surface area contributed by atoms with Gasteiger partial charge in [-0.1, -0.05) is 66.7 Å². The fourth-order valence-corrected chi connectivity index (χ4v) is 4.54. The average Bonchev–Trinajstić information content (AvgIpc) is 3.34. The molecule has 1 N–H and O–H groups in total. The molecule has 0 saturated carbocycles. The van der Waals surface area contributed by atoms with Crippen LogP contribution in [0.3, 0.4) is 0 Å². The normalized spacial score (nSPS) is 16.0. The summed E-state index contributed by atoms with van der Waals surface area (Å²) in [5, 5.41) is 8.11. The van der Waals surface area contributed by atoms with E-state index in [1.807, 2.05) is 60.4 Å². The number of aromatic nitrogens is 2. The lowest BCUT2D eigenvalue weighted by molar-refractivity contribution is 0.404. The number of nitrogens with zero attached hydrogens (tertiary/aromatic N) is 3. The van der Waals surface area contributed by atoms with Crippen LogP contribution in [-0.4, -0.2) is 15.3 Å². The van der Waals surface area contributed by atoms with E-state index in [1.165, 1.54) is 17.7 Å². The molecule has 5 rings (SSSR count). The van der Waals surface area contributed by atoms with E-state index in [4.69, 9.17) is 21.7 Å². The van der Waals surface area contributed by atoms with E-state index < -0.39 is 6.04 Å². The summed E-state index contributed by atoms with van der Waals surface area (Å²) in [5.41, 5.74) is 5.31. The van der Waals surface area contributed by atoms with Crippen LogP contribution in [0.4, 0.5) is 10.1 Å². The topological polar surface area (TPSA) is 54.2 Å². The van der Waals surface area contributed by atoms with Gasteiger partial charge in [-0.2, -0.15) is 4.98 Å². The Morgan fingerprint density at radius 1 is 1.03 bits per heavy atom. The summed E-state index contributed by atoms with van der Waals surface area (Å²) < 4.78 is 19.9. The minimum Gasteiger partial charge on any atom is -0.351 e. The fraction of sp³-hybridized carbons (Fsp3) is 0.148. The number of para-hydroxylation sites is 1. The summed E-state index contributed by atoms with van der Waals surface area (Å²) in [6, 6.07) is 23.9. The lowest BCUT2D eigenvalue weighted by Crippen LogP contribution is -2.46. The monoisotopic (exact) mass is 470 g/mol. The zero-order valence-electron chi connectivity index (χ0n) is 18.8. The molecule has 0 aliphatic carbocycles. The molecule has 0 saturated heterocycles. The van der Waals surface area contributed by atoms with E-state index in [0.29, 0.717) is 16.8 Å². The predicted octanol–water partition coefficient (Wildman–Crippen LogP) is 6.31. The molecule has 170 valence electrons. The molecule has 5 nitrogen and oxygen atoms in total. The van der Waals surface area contributed by atoms with Crippen molar-refractivity contribution in [3.05, 3.63) is 107 Å². The van der Waals surface area contributed by atoms with Gasteiger partial charge in [0.2, 0.25) is 5.82 Å². The maximum Gasteiger partial charge on any atom is 0.258 e. The van der Waals surface area contributed by atoms with Crippen molar-refractivity contribution in [3.8, 4) is 11.4 Å². The molecule has 3 aromatic carbocycles. The first kappa shape index (κ1) is 22.0. The SMILES string of the molecule is CCc1ccc(-c2noc(C3=C(C)N(c4ccccc4)C(=S)NC3c3cccc(F)c3)n2)cc1. The van der Waals surface area contributed by atoms with E-state index >= 15 is 0 Å². The van der Waals surface area contributed by atoms with Crippen molar-refractivity contribution in [2.75, 3.05) is 4.90 Å². The Bertz CT molecular complexity index is 1360. The Labute approximate surface area is 202 Å². The number of hydrogen-bond acceptors (Lipinski definition) is 4. The molecule has 0 fully saturated rings. The first-order valence-corrected chi connectivity index (χ1v) is 11.5. The van der Waals surface area contributed by atoms with Crippen LogP contribution in [0.5, 0.6) is 0 Å². The van der Waals surface area contributed by atoms with E-state index in [0.717, 1.165) is 34.5 Å². The molecule has 7 heteroatoms. The van der Waals surface area contributed by atoms with Crippen LogP contribution in [0.15, 0.2) is 89.1 Å². The van der Waals surface area contributed by atoms with Crippen molar-refractivity contribution in [2.45, 2.75) is 26.3 Å². The highest BCUT2D eigenvalue weighted by Crippen LogP contribution is 2.39. The Balaban J connectivity index is 1.63. The largest absolute Gasteiger partial charge is 0.351 e. The zero-order valence-corrected chi connectivity index (χ0v) is 19.6. The van der Waals surface area contributed by atoms with Crippen LogP contribution in [0, 0.1) is 5.82 Å². The average molecular weight is 471 g/mol. The lowest BCUT2D eigenvalue weighted by Gasteiger charge is -2.37. The van der Waals surface area contributed by atoms with Crippen molar-refractivity contribution in [1.29, 1.82) is 0 Å². The number of thiocarbonyl (C=S) groups is 1. The molecule has 1 aromatic heterocycles. The second-order valence-corrected chi connectivity index (χ2v) is 8.47. The first-order valence-electron chi connectivity index (χ1n) is 11.1. The highest BCUT2D eigenvalue weighted by atomic mass is 32.1. The Morgan fingerprint density at radius 3 is 2.50 bits per heavy atom. The summed E-state index contributed by atoms with van der Waals surface area (Å²) in [5.74, 6) is 0.530. The van der Waals surface area contributed by atoms with Crippen molar-refractivity contribution >= 4 is 28.6 Å². The Morgan fingerprint density at radius 2 is 1.79 bits per heavy atom. The van der Waals surface area contributed by atoms with Crippen LogP contribution in [-0.2, 0) is 6.42 Å². The minimum absolute atomic E-state index is 0.324. The third-order valence-electron chi connectivity index (χ3n) is 5.96. The van der Waals surface area contributed by atoms with Crippen LogP contribution < -0.4 is 10.2 Å². The van der Waals surface area contributed by atoms with Gasteiger partial charge < -0.3 is 9.84 Å². The van der Waals surface area contributed by atoms with Gasteiger partial charge >= 0.3 is 0 Å². The number of benzene rings is 3. The molecule has 2 heterocycles. The lowest BCUT2D eigenvalue weighted by atomic mass is 9.94. The number of halogens is 1. The number of allylic oxidation sites excluding steroid dienone is 1. The van der Waals surface area contributed by atoms with Gasteiger partial charge in [-0.05, 0) is 61.0 Å². The highest BCUT2D eigenvalue weighted by molar-refractivity contribution is 7.80. The fourth-order valence-electron chi connectivity index (χ4n) is 4.18. The van der Waals surface area contributed by atoms with Gasteiger partial charge in [-0.3, -0.25) is 4.90 Å². The molecular weight excluding hydrogens is 447 g/mol. The third-order valence-corrected chi connectivity index (χ3v) is 6.26. The summed E-state index contributed by atoms with van der Waals surface area (Å²) in [6.45, 7) is 4.07. The van der Waals surface area contributed by atoms with Crippen LogP contribution in [0.2, 0.25) is 0 Å². The first-order chi connectivity index (χ1) is 16.5. The van der Waals surface area contributed by atoms with Gasteiger partial charge in [0.1, 0.15) is 5.82 Å². The van der Waals surface area contributed by atoms with E-state index in [2.05, 4.69) is 29.5 Å². The van der Waals surface area contributed by atoms with E-state index in [1.54, 1.807) is 6.07 Å². The molecule has 1 aliphatic rings. The zero-order chi connectivity index (χ0) is 23.7. The standard InChI is InChI=1S/C27H23FN4OS/c1-3-18-12-14-19(15-13-18)25-30-26(33-31-25)23-17(2)32(22-10-5-4-6-11-22)27(34)29-24(23)20-8-7-9-21(28)16-20/h4-16,24H,3H2,1-2H3,(H,29,34). The molecule has 0 bridgehead atoms. The number of anilines is 1. The quantitative estimate of drug-likeness (QED) is 0.345. The van der Waals surface area contributed by atoms with Gasteiger partial charge in [0, 0.05) is 16.9 Å². The highest BCUT2D eigenvalue weighted by Gasteiger charge is 2.34. The van der Waals surface area contributed by atoms with Crippen molar-refractivity contribution in [1.82, 2.24) is 15.5 Å². The van der Waals surface area contributed by atoms with Gasteiger partial charge in [-0.25, -0.2) is 4.39 Å². The van der Waals surface area contributed by atoms with Crippen molar-refractivity contribution in [3.63, 3.8) is 0 Å². The number of hydrogen-bond donors (Lipinski definition) is 1. The molecule has 1 unspecified atom stereocenters. The summed E-state index contributed by atoms with van der Waals surface area (Å²) >= 11 is 5.72. The summed E-state index contributed by atoms with van der Waals surface area (Å²) in [6.07, 6.45) is 0.958. The second-order valence-electron chi connectivity index (χ2n) is 8.08. The van der Waals surface area contributed by atoms with E-state index in [9.17, 15) is 4.39 Å². The molecule has 1 aliphatic heterocycles. The molecule has 0 spiro atoms. The summed E-state index contributed by atoms with van der Waals surface area (Å²) in [4.78, 5) is 6.65. The van der Waals surface area contributed by atoms with E-state index in [-0.39, 0.29) is 5.82 Å². The van der Waals surface area contributed by atoms with Gasteiger partial charge in [-0.15, -0.1) is 0 Å². The molecule has 0 amide bonds. The molecule has 34 heavy (non-hydrogen) atoms. The maximum atomic E-state index is 14.1. The third kappa shape index (κ3) is 4.10. The van der Waals surface area contributed by atoms with Crippen LogP contribution in [0.1, 0.15) is 36.9 Å². The molecule has 0 radical (unpaired) electrons. The number of rotatable bonds is 5. The molecular formula is C27H23FN4OS. The van der Waals surface area contributed by atoms with Crippen molar-refractivity contribution < 1.29 is 8.91 Å². The van der Waals surface area contributed by atoms with Crippen LogP contribution >= 0.6 is 12.2 Å². The van der Waals surface area contributed by atoms with Crippen LogP contribution in [0.25, 0.3) is 17.0 Å². The Kier molecular flexibility index (Phi) is 5.94. The van der Waals surface area contributed by atoms with Gasteiger partial charge in [0.25, 0.3) is 5.89 Å². The predicted molar refractivity (Wildman–Crippen MR) is 136 cm³/mol. The van der Waals surface area contributed by atoms with Gasteiger partial charge in [0.15, 0.2) is 5.11 Å². The minimum atomic E-state index is -0.445. The Hall–Kier alpha value is -3.84.